The van der Waals surface area contributed by atoms with E-state index < -0.39 is 17.7 Å². The van der Waals surface area contributed by atoms with Gasteiger partial charge in [0.05, 0.1) is 40.1 Å². The van der Waals surface area contributed by atoms with Crippen LogP contribution in [0.15, 0.2) is 35.9 Å². The summed E-state index contributed by atoms with van der Waals surface area (Å²) in [6, 6.07) is 7.82. The van der Waals surface area contributed by atoms with E-state index in [2.05, 4.69) is 4.90 Å². The molecule has 3 rings (SSSR count). The Hall–Kier alpha value is -3.72. The van der Waals surface area contributed by atoms with Gasteiger partial charge >= 0.3 is 0 Å². The highest BCUT2D eigenvalue weighted by atomic mass is 16.5. The number of carbonyl (C=O) groups excluding carboxylic acids is 2. The van der Waals surface area contributed by atoms with E-state index in [1.54, 1.807) is 31.4 Å². The first kappa shape index (κ1) is 30.8. The zero-order valence-corrected chi connectivity index (χ0v) is 25.1. The van der Waals surface area contributed by atoms with E-state index in [9.17, 15) is 14.7 Å². The molecule has 1 aliphatic rings. The Bertz CT molecular complexity index is 1250. The molecule has 1 fully saturated rings. The molecule has 2 aromatic carbocycles. The lowest BCUT2D eigenvalue weighted by atomic mass is 9.84. The molecule has 1 amide bonds. The molecule has 218 valence electrons. The van der Waals surface area contributed by atoms with Gasteiger partial charge in [-0.15, -0.1) is 0 Å². The third-order valence-corrected chi connectivity index (χ3v) is 7.38. The molecule has 9 heteroatoms. The molecule has 1 heterocycles. The van der Waals surface area contributed by atoms with Gasteiger partial charge in [-0.25, -0.2) is 0 Å². The van der Waals surface area contributed by atoms with Gasteiger partial charge in [0, 0.05) is 24.2 Å². The quantitative estimate of drug-likeness (QED) is 0.241. The third-order valence-electron chi connectivity index (χ3n) is 7.38. The predicted molar refractivity (Wildman–Crippen MR) is 155 cm³/mol. The molecule has 0 aromatic heterocycles. The van der Waals surface area contributed by atoms with E-state index in [1.165, 1.54) is 26.2 Å². The Morgan fingerprint density at radius 3 is 1.95 bits per heavy atom. The summed E-state index contributed by atoms with van der Waals surface area (Å²) in [5.41, 5.74) is 1.54. The monoisotopic (exact) mass is 554 g/mol. The second-order valence-electron chi connectivity index (χ2n) is 10.6. The van der Waals surface area contributed by atoms with Crippen molar-refractivity contribution in [2.75, 3.05) is 54.6 Å². The second-order valence-corrected chi connectivity index (χ2v) is 10.6. The molecule has 0 aliphatic carbocycles. The van der Waals surface area contributed by atoms with Crippen molar-refractivity contribution >= 4 is 17.4 Å². The second kappa shape index (κ2) is 12.6. The van der Waals surface area contributed by atoms with Crippen LogP contribution in [0.25, 0.3) is 5.76 Å². The molecule has 0 spiro atoms. The molecule has 0 bridgehead atoms. The van der Waals surface area contributed by atoms with E-state index in [1.807, 2.05) is 40.7 Å². The maximum absolute atomic E-state index is 13.6. The fourth-order valence-corrected chi connectivity index (χ4v) is 5.10. The van der Waals surface area contributed by atoms with Gasteiger partial charge < -0.3 is 33.9 Å². The van der Waals surface area contributed by atoms with Crippen LogP contribution in [0.1, 0.15) is 57.4 Å². The van der Waals surface area contributed by atoms with Crippen molar-refractivity contribution in [3.63, 3.8) is 0 Å². The number of likely N-dealkylation sites (tertiary alicyclic amines) is 1. The number of nitrogens with zero attached hydrogens (tertiary/aromatic N) is 2. The zero-order valence-electron chi connectivity index (χ0n) is 25.1. The molecule has 1 unspecified atom stereocenters. The van der Waals surface area contributed by atoms with Crippen LogP contribution in [0.5, 0.6) is 23.0 Å². The summed E-state index contributed by atoms with van der Waals surface area (Å²) in [6.07, 6.45) is 0. The molecule has 0 radical (unpaired) electrons. The van der Waals surface area contributed by atoms with Gasteiger partial charge in [-0.1, -0.05) is 34.6 Å². The van der Waals surface area contributed by atoms with Crippen LogP contribution in [0.3, 0.4) is 0 Å². The fraction of sp³-hybridized carbons (Fsp3) is 0.484. The number of carbonyl (C=O) groups is 2. The van der Waals surface area contributed by atoms with E-state index in [0.717, 1.165) is 18.7 Å². The predicted octanol–water partition coefficient (Wildman–Crippen LogP) is 4.78. The van der Waals surface area contributed by atoms with Crippen molar-refractivity contribution in [1.29, 1.82) is 0 Å². The minimum absolute atomic E-state index is 0.00356. The summed E-state index contributed by atoms with van der Waals surface area (Å²) < 4.78 is 22.2. The number of Topliss-reactive ketones (excluding diaryl/α,β-unsaturated/α-hetero) is 1. The Morgan fingerprint density at radius 2 is 1.48 bits per heavy atom. The highest BCUT2D eigenvalue weighted by molar-refractivity contribution is 6.46. The number of ketones is 1. The van der Waals surface area contributed by atoms with E-state index in [0.29, 0.717) is 47.2 Å². The van der Waals surface area contributed by atoms with Gasteiger partial charge in [0.25, 0.3) is 11.7 Å². The molecular weight excluding hydrogens is 512 g/mol. The molecule has 1 aliphatic heterocycles. The smallest absolute Gasteiger partial charge is 0.295 e. The highest BCUT2D eigenvalue weighted by Crippen LogP contribution is 2.46. The Labute approximate surface area is 237 Å². The number of amides is 1. The molecule has 2 aromatic rings. The average Bonchev–Trinajstić information content (AvgIpc) is 3.20. The number of hydrogen-bond donors (Lipinski definition) is 1. The summed E-state index contributed by atoms with van der Waals surface area (Å²) in [6.45, 7) is 12.7. The summed E-state index contributed by atoms with van der Waals surface area (Å²) in [4.78, 5) is 30.8. The number of hydrogen-bond acceptors (Lipinski definition) is 8. The lowest BCUT2D eigenvalue weighted by Gasteiger charge is -2.29. The number of methoxy groups -OCH3 is 4. The number of ether oxygens (including phenoxy) is 4. The molecule has 1 N–H and O–H groups in total. The van der Waals surface area contributed by atoms with E-state index in [-0.39, 0.29) is 16.7 Å². The van der Waals surface area contributed by atoms with Crippen LogP contribution in [0.4, 0.5) is 0 Å². The van der Waals surface area contributed by atoms with Gasteiger partial charge in [0.1, 0.15) is 11.5 Å². The highest BCUT2D eigenvalue weighted by Gasteiger charge is 2.46. The van der Waals surface area contributed by atoms with Crippen molar-refractivity contribution in [3.8, 4) is 23.0 Å². The summed E-state index contributed by atoms with van der Waals surface area (Å²) in [7, 11) is 6.11. The Morgan fingerprint density at radius 1 is 0.900 bits per heavy atom. The van der Waals surface area contributed by atoms with Crippen molar-refractivity contribution < 1.29 is 33.6 Å². The van der Waals surface area contributed by atoms with Gasteiger partial charge in [-0.05, 0) is 54.4 Å². The standard InChI is InChI=1S/C31H42N2O7/c1-10-32(11-2)14-15-33-26(20-17-23(38-7)29(40-9)24(18-20)39-8)25(28(35)30(33)36)27(34)19-12-13-22(37-6)21(16-19)31(3,4)5/h12-13,16-18,26,34H,10-11,14-15H2,1-9H3/b27-25+. The number of aliphatic hydroxyl groups excluding tert-OH is 1. The van der Waals surface area contributed by atoms with Crippen molar-refractivity contribution in [3.05, 3.63) is 52.6 Å². The fourth-order valence-electron chi connectivity index (χ4n) is 5.10. The minimum Gasteiger partial charge on any atom is -0.507 e. The Kier molecular flexibility index (Phi) is 9.73. The maximum atomic E-state index is 13.6. The van der Waals surface area contributed by atoms with Crippen LogP contribution < -0.4 is 18.9 Å². The van der Waals surface area contributed by atoms with Crippen LogP contribution in [0, 0.1) is 0 Å². The first-order chi connectivity index (χ1) is 19.0. The third kappa shape index (κ3) is 5.89. The topological polar surface area (TPSA) is 97.8 Å². The SMILES string of the molecule is CCN(CC)CCN1C(=O)C(=O)/C(=C(/O)c2ccc(OC)c(C(C)(C)C)c2)C1c1cc(OC)c(OC)c(OC)c1. The molecule has 40 heavy (non-hydrogen) atoms. The molecule has 9 nitrogen and oxygen atoms in total. The largest absolute Gasteiger partial charge is 0.507 e. The lowest BCUT2D eigenvalue weighted by Crippen LogP contribution is -2.38. The van der Waals surface area contributed by atoms with Crippen LogP contribution in [0.2, 0.25) is 0 Å². The molecule has 0 saturated carbocycles. The first-order valence-electron chi connectivity index (χ1n) is 13.5. The van der Waals surface area contributed by atoms with Gasteiger partial charge in [-0.3, -0.25) is 9.59 Å². The van der Waals surface area contributed by atoms with Crippen LogP contribution in [-0.2, 0) is 15.0 Å². The number of aliphatic hydroxyl groups is 1. The normalized spacial score (nSPS) is 16.9. The van der Waals surface area contributed by atoms with Gasteiger partial charge in [0.15, 0.2) is 11.5 Å². The van der Waals surface area contributed by atoms with Crippen LogP contribution >= 0.6 is 0 Å². The van der Waals surface area contributed by atoms with Gasteiger partial charge in [0.2, 0.25) is 5.75 Å². The lowest BCUT2D eigenvalue weighted by molar-refractivity contribution is -0.140. The van der Waals surface area contributed by atoms with E-state index in [4.69, 9.17) is 18.9 Å². The number of likely N-dealkylation sites (N-methyl/N-ethyl adjacent to an activating group) is 1. The summed E-state index contributed by atoms with van der Waals surface area (Å²) in [5.74, 6) is 0.150. The average molecular weight is 555 g/mol. The Balaban J connectivity index is 2.29. The summed E-state index contributed by atoms with van der Waals surface area (Å²) in [5, 5.41) is 11.7. The van der Waals surface area contributed by atoms with Gasteiger partial charge in [-0.2, -0.15) is 0 Å². The maximum Gasteiger partial charge on any atom is 0.295 e. The zero-order chi connectivity index (χ0) is 29.8. The first-order valence-corrected chi connectivity index (χ1v) is 13.5. The van der Waals surface area contributed by atoms with E-state index >= 15 is 0 Å². The molecular formula is C31H42N2O7. The minimum atomic E-state index is -0.871. The number of rotatable bonds is 11. The van der Waals surface area contributed by atoms with Crippen molar-refractivity contribution in [1.82, 2.24) is 9.80 Å². The molecule has 1 saturated heterocycles. The number of benzene rings is 2. The van der Waals surface area contributed by atoms with Crippen molar-refractivity contribution in [2.45, 2.75) is 46.1 Å². The molecule has 1 atom stereocenters. The van der Waals surface area contributed by atoms with Crippen molar-refractivity contribution in [2.24, 2.45) is 0 Å². The van der Waals surface area contributed by atoms with Crippen LogP contribution in [-0.4, -0.2) is 81.2 Å². The summed E-state index contributed by atoms with van der Waals surface area (Å²) >= 11 is 0.